The van der Waals surface area contributed by atoms with Crippen molar-refractivity contribution in [1.29, 1.82) is 0 Å². The molecule has 27 heavy (non-hydrogen) atoms. The highest BCUT2D eigenvalue weighted by Crippen LogP contribution is 2.37. The minimum Gasteiger partial charge on any atom is -0.475 e. The minimum absolute atomic E-state index is 0.0244. The van der Waals surface area contributed by atoms with E-state index >= 15 is 0 Å². The molecule has 0 aromatic carbocycles. The van der Waals surface area contributed by atoms with Crippen molar-refractivity contribution in [3.05, 3.63) is 23.0 Å². The third-order valence-corrected chi connectivity index (χ3v) is 4.75. The molecule has 2 aromatic rings. The molecule has 0 radical (unpaired) electrons. The van der Waals surface area contributed by atoms with Crippen LogP contribution in [0.5, 0.6) is 0 Å². The van der Waals surface area contributed by atoms with Crippen molar-refractivity contribution in [2.45, 2.75) is 45.3 Å². The molecule has 3 rings (SSSR count). The Hall–Kier alpha value is -2.32. The Morgan fingerprint density at radius 3 is 2.85 bits per heavy atom. The molecule has 0 spiro atoms. The van der Waals surface area contributed by atoms with Gasteiger partial charge < -0.3 is 19.0 Å². The second kappa shape index (κ2) is 8.14. The normalized spacial score (nSPS) is 19.8. The number of rotatable bonds is 5. The van der Waals surface area contributed by atoms with E-state index in [2.05, 4.69) is 4.98 Å². The van der Waals surface area contributed by atoms with Crippen LogP contribution < -0.4 is 4.90 Å². The molecule has 3 heterocycles. The number of amides is 1. The summed E-state index contributed by atoms with van der Waals surface area (Å²) in [5.74, 6) is -1.67. The Balaban J connectivity index is 2.16. The first-order chi connectivity index (χ1) is 13.0. The standard InChI is InChI=1S/C18H21ClN2O6/c1-3-11-9-10(7-8-26-11)21(18(24)25-4-2)15-14-12(5-6-13(19)20-14)27-16(15)17(22)23/h5-6,10-11H,3-4,7-9H2,1-2H3,(H,22,23)/t10-,11-/m1/s1. The van der Waals surface area contributed by atoms with Gasteiger partial charge in [-0.2, -0.15) is 0 Å². The number of aromatic carboxylic acids is 1. The maximum atomic E-state index is 12.8. The maximum Gasteiger partial charge on any atom is 0.414 e. The van der Waals surface area contributed by atoms with Crippen molar-refractivity contribution >= 4 is 40.5 Å². The minimum atomic E-state index is -1.30. The second-order valence-electron chi connectivity index (χ2n) is 6.21. The lowest BCUT2D eigenvalue weighted by atomic mass is 9.99. The van der Waals surface area contributed by atoms with Crippen molar-refractivity contribution in [3.8, 4) is 0 Å². The maximum absolute atomic E-state index is 12.8. The number of ether oxygens (including phenoxy) is 2. The van der Waals surface area contributed by atoms with Gasteiger partial charge >= 0.3 is 12.1 Å². The van der Waals surface area contributed by atoms with Gasteiger partial charge in [-0.1, -0.05) is 18.5 Å². The molecule has 2 atom stereocenters. The first kappa shape index (κ1) is 19.4. The summed E-state index contributed by atoms with van der Waals surface area (Å²) in [6.45, 7) is 4.31. The van der Waals surface area contributed by atoms with Crippen LogP contribution in [0.2, 0.25) is 5.15 Å². The summed E-state index contributed by atoms with van der Waals surface area (Å²) in [7, 11) is 0. The van der Waals surface area contributed by atoms with Crippen molar-refractivity contribution in [1.82, 2.24) is 4.98 Å². The van der Waals surface area contributed by atoms with Crippen LogP contribution in [0.25, 0.3) is 11.1 Å². The Kier molecular flexibility index (Phi) is 5.86. The van der Waals surface area contributed by atoms with E-state index in [0.717, 1.165) is 6.42 Å². The first-order valence-corrected chi connectivity index (χ1v) is 9.23. The molecule has 1 N–H and O–H groups in total. The number of halogens is 1. The van der Waals surface area contributed by atoms with Crippen molar-refractivity contribution in [2.24, 2.45) is 0 Å². The number of aromatic nitrogens is 1. The van der Waals surface area contributed by atoms with E-state index in [1.807, 2.05) is 6.92 Å². The van der Waals surface area contributed by atoms with Gasteiger partial charge in [0.2, 0.25) is 5.76 Å². The van der Waals surface area contributed by atoms with E-state index in [4.69, 9.17) is 25.5 Å². The molecule has 1 amide bonds. The fourth-order valence-corrected chi connectivity index (χ4v) is 3.45. The average molecular weight is 397 g/mol. The third-order valence-electron chi connectivity index (χ3n) is 4.54. The summed E-state index contributed by atoms with van der Waals surface area (Å²) in [5.41, 5.74) is 0.521. The number of carbonyl (C=O) groups excluding carboxylic acids is 1. The van der Waals surface area contributed by atoms with Gasteiger partial charge in [0.1, 0.15) is 16.4 Å². The number of hydrogen-bond acceptors (Lipinski definition) is 6. The van der Waals surface area contributed by atoms with Gasteiger partial charge in [0.25, 0.3) is 0 Å². The smallest absolute Gasteiger partial charge is 0.414 e. The highest BCUT2D eigenvalue weighted by Gasteiger charge is 2.37. The van der Waals surface area contributed by atoms with Crippen LogP contribution in [0.15, 0.2) is 16.5 Å². The number of anilines is 1. The lowest BCUT2D eigenvalue weighted by Crippen LogP contribution is -2.46. The molecule has 0 saturated carbocycles. The monoisotopic (exact) mass is 396 g/mol. The van der Waals surface area contributed by atoms with Crippen molar-refractivity contribution in [2.75, 3.05) is 18.1 Å². The Morgan fingerprint density at radius 1 is 1.41 bits per heavy atom. The fraction of sp³-hybridized carbons (Fsp3) is 0.500. The molecule has 1 aliphatic rings. The van der Waals surface area contributed by atoms with Gasteiger partial charge in [-0.05, 0) is 38.3 Å². The number of fused-ring (bicyclic) bond motifs is 1. The van der Waals surface area contributed by atoms with E-state index < -0.39 is 12.1 Å². The summed E-state index contributed by atoms with van der Waals surface area (Å²) in [6.07, 6.45) is 1.22. The van der Waals surface area contributed by atoms with E-state index in [9.17, 15) is 14.7 Å². The van der Waals surface area contributed by atoms with Gasteiger partial charge in [-0.15, -0.1) is 0 Å². The molecule has 1 fully saturated rings. The van der Waals surface area contributed by atoms with Gasteiger partial charge in [-0.25, -0.2) is 14.6 Å². The van der Waals surface area contributed by atoms with Crippen LogP contribution in [0, 0.1) is 0 Å². The van der Waals surface area contributed by atoms with Gasteiger partial charge in [0.15, 0.2) is 5.58 Å². The molecule has 9 heteroatoms. The zero-order chi connectivity index (χ0) is 19.6. The van der Waals surface area contributed by atoms with Crippen LogP contribution in [-0.2, 0) is 9.47 Å². The van der Waals surface area contributed by atoms with Crippen LogP contribution in [0.3, 0.4) is 0 Å². The summed E-state index contributed by atoms with van der Waals surface area (Å²) in [4.78, 5) is 30.2. The van der Waals surface area contributed by atoms with E-state index in [1.165, 1.54) is 17.0 Å². The number of carboxylic acid groups (broad SMARTS) is 1. The number of nitrogens with zero attached hydrogens (tertiary/aromatic N) is 2. The van der Waals surface area contributed by atoms with Crippen LogP contribution in [0.1, 0.15) is 43.7 Å². The Morgan fingerprint density at radius 2 is 2.19 bits per heavy atom. The highest BCUT2D eigenvalue weighted by molar-refractivity contribution is 6.30. The average Bonchev–Trinajstić information content (AvgIpc) is 3.01. The molecule has 2 aromatic heterocycles. The topological polar surface area (TPSA) is 102 Å². The number of pyridine rings is 1. The predicted octanol–water partition coefficient (Wildman–Crippen LogP) is 4.10. The lowest BCUT2D eigenvalue weighted by Gasteiger charge is -2.36. The molecule has 1 aliphatic heterocycles. The highest BCUT2D eigenvalue weighted by atomic mass is 35.5. The molecule has 0 unspecified atom stereocenters. The molecule has 146 valence electrons. The van der Waals surface area contributed by atoms with Gasteiger partial charge in [0, 0.05) is 12.6 Å². The molecular formula is C18H21ClN2O6. The van der Waals surface area contributed by atoms with Gasteiger partial charge in [-0.3, -0.25) is 4.90 Å². The van der Waals surface area contributed by atoms with Crippen molar-refractivity contribution < 1.29 is 28.6 Å². The van der Waals surface area contributed by atoms with E-state index in [-0.39, 0.29) is 46.5 Å². The lowest BCUT2D eigenvalue weighted by molar-refractivity contribution is 0.00466. The number of hydrogen-bond donors (Lipinski definition) is 1. The summed E-state index contributed by atoms with van der Waals surface area (Å²) < 4.78 is 16.4. The molecule has 1 saturated heterocycles. The predicted molar refractivity (Wildman–Crippen MR) is 98.5 cm³/mol. The zero-order valence-corrected chi connectivity index (χ0v) is 15.9. The molecule has 0 bridgehead atoms. The summed E-state index contributed by atoms with van der Waals surface area (Å²) >= 11 is 6.00. The summed E-state index contributed by atoms with van der Waals surface area (Å²) in [5, 5.41) is 9.81. The first-order valence-electron chi connectivity index (χ1n) is 8.86. The SMILES string of the molecule is CCOC(=O)N(c1c(C(=O)O)oc2ccc(Cl)nc12)[C@@H]1CCO[C@H](CC)C1. The van der Waals surface area contributed by atoms with E-state index in [1.54, 1.807) is 6.92 Å². The number of furan rings is 1. The fourth-order valence-electron chi connectivity index (χ4n) is 3.30. The second-order valence-corrected chi connectivity index (χ2v) is 6.60. The Bertz CT molecular complexity index is 852. The van der Waals surface area contributed by atoms with Crippen molar-refractivity contribution in [3.63, 3.8) is 0 Å². The van der Waals surface area contributed by atoms with Crippen LogP contribution in [0.4, 0.5) is 10.5 Å². The number of carboxylic acids is 1. The molecule has 8 nitrogen and oxygen atoms in total. The van der Waals surface area contributed by atoms with Gasteiger partial charge in [0.05, 0.1) is 12.7 Å². The largest absolute Gasteiger partial charge is 0.475 e. The van der Waals surface area contributed by atoms with E-state index in [0.29, 0.717) is 19.4 Å². The number of carbonyl (C=O) groups is 2. The molecular weight excluding hydrogens is 376 g/mol. The Labute approximate surface area is 161 Å². The van der Waals surface area contributed by atoms with Crippen LogP contribution >= 0.6 is 11.6 Å². The molecule has 0 aliphatic carbocycles. The quantitative estimate of drug-likeness (QED) is 0.759. The third kappa shape index (κ3) is 3.86. The zero-order valence-electron chi connectivity index (χ0n) is 15.1. The summed E-state index contributed by atoms with van der Waals surface area (Å²) in [6, 6.07) is 2.73. The van der Waals surface area contributed by atoms with Crippen LogP contribution in [-0.4, -0.2) is 47.5 Å².